The summed E-state index contributed by atoms with van der Waals surface area (Å²) in [6.45, 7) is -0.633. The maximum absolute atomic E-state index is 12.9. The van der Waals surface area contributed by atoms with Crippen molar-refractivity contribution in [3.05, 3.63) is 116 Å². The fraction of sp³-hybridized carbons (Fsp3) is 0.154. The Kier molecular flexibility index (Phi) is 8.47. The average molecular weight is 564 g/mol. The number of β-lactam (4-membered cyclic amide) rings is 1. The van der Waals surface area contributed by atoms with Crippen molar-refractivity contribution in [2.75, 3.05) is 0 Å². The second-order valence-corrected chi connectivity index (χ2v) is 8.51. The van der Waals surface area contributed by atoms with Crippen molar-refractivity contribution in [1.82, 2.24) is 10.4 Å². The van der Waals surface area contributed by atoms with Gasteiger partial charge in [-0.15, -0.1) is 0 Å². The molecule has 1 fully saturated rings. The van der Waals surface area contributed by atoms with Gasteiger partial charge in [-0.1, -0.05) is 18.2 Å². The van der Waals surface area contributed by atoms with E-state index >= 15 is 0 Å². The number of ether oxygens (including phenoxy) is 2. The molecule has 4 rings (SSSR count). The number of rotatable bonds is 10. The summed E-state index contributed by atoms with van der Waals surface area (Å²) in [4.78, 5) is 76.2. The van der Waals surface area contributed by atoms with Crippen LogP contribution >= 0.6 is 0 Å². The van der Waals surface area contributed by atoms with E-state index in [-0.39, 0.29) is 30.2 Å². The van der Waals surface area contributed by atoms with E-state index in [2.05, 4.69) is 5.32 Å². The lowest BCUT2D eigenvalue weighted by Crippen LogP contribution is -2.73. The zero-order valence-electron chi connectivity index (χ0n) is 20.9. The second-order valence-electron chi connectivity index (χ2n) is 8.51. The summed E-state index contributed by atoms with van der Waals surface area (Å²) < 4.78 is 10.3. The van der Waals surface area contributed by atoms with Crippen molar-refractivity contribution in [3.8, 4) is 0 Å². The molecule has 3 aromatic rings. The molecular formula is C26H20N4O11. The molecular weight excluding hydrogens is 544 g/mol. The third kappa shape index (κ3) is 6.78. The van der Waals surface area contributed by atoms with Crippen molar-refractivity contribution in [1.29, 1.82) is 0 Å². The van der Waals surface area contributed by atoms with Crippen LogP contribution < -0.4 is 5.32 Å². The summed E-state index contributed by atoms with van der Waals surface area (Å²) in [7, 11) is 0. The standard InChI is InChI=1S/C26H20N4O11/c31-23-21(27-26(34)40-15-17-8-12-20(13-9-17)30(37)38)22(28(23)41-24(32)18-4-2-1-3-5-18)25(33)39-14-16-6-10-19(11-7-16)29(35)36/h1-13,21-22H,14-15H2,(H,27,34). The van der Waals surface area contributed by atoms with E-state index in [1.54, 1.807) is 18.2 Å². The first kappa shape index (κ1) is 28.2. The Labute approximate surface area is 230 Å². The van der Waals surface area contributed by atoms with Crippen LogP contribution in [0.1, 0.15) is 21.5 Å². The van der Waals surface area contributed by atoms with Crippen LogP contribution in [0.25, 0.3) is 0 Å². The number of non-ortho nitro benzene ring substituents is 2. The van der Waals surface area contributed by atoms with Gasteiger partial charge in [-0.05, 0) is 47.5 Å². The summed E-state index contributed by atoms with van der Waals surface area (Å²) >= 11 is 0. The molecule has 210 valence electrons. The molecule has 0 spiro atoms. The summed E-state index contributed by atoms with van der Waals surface area (Å²) in [5.41, 5.74) is 0.591. The number of nitrogens with zero attached hydrogens (tertiary/aromatic N) is 3. The second kappa shape index (κ2) is 12.3. The van der Waals surface area contributed by atoms with Gasteiger partial charge in [0.25, 0.3) is 17.3 Å². The Morgan fingerprint density at radius 3 is 1.80 bits per heavy atom. The van der Waals surface area contributed by atoms with Crippen molar-refractivity contribution in [2.45, 2.75) is 25.3 Å². The van der Waals surface area contributed by atoms with Crippen LogP contribution in [0.3, 0.4) is 0 Å². The molecule has 1 aliphatic rings. The lowest BCUT2D eigenvalue weighted by molar-refractivity contribution is -0.385. The van der Waals surface area contributed by atoms with E-state index in [9.17, 15) is 39.4 Å². The van der Waals surface area contributed by atoms with Crippen LogP contribution in [0.4, 0.5) is 16.2 Å². The van der Waals surface area contributed by atoms with Gasteiger partial charge >= 0.3 is 18.0 Å². The van der Waals surface area contributed by atoms with Gasteiger partial charge in [0.2, 0.25) is 0 Å². The first-order chi connectivity index (χ1) is 19.6. The van der Waals surface area contributed by atoms with E-state index in [0.717, 1.165) is 0 Å². The number of hydrogen-bond donors (Lipinski definition) is 1. The molecule has 41 heavy (non-hydrogen) atoms. The minimum absolute atomic E-state index is 0.0946. The number of carbonyl (C=O) groups excluding carboxylic acids is 4. The molecule has 1 heterocycles. The van der Waals surface area contributed by atoms with Crippen LogP contribution in [0.15, 0.2) is 78.9 Å². The molecule has 1 N–H and O–H groups in total. The van der Waals surface area contributed by atoms with Gasteiger partial charge in [-0.25, -0.2) is 14.4 Å². The molecule has 0 aliphatic carbocycles. The average Bonchev–Trinajstić information content (AvgIpc) is 2.98. The Morgan fingerprint density at radius 2 is 1.29 bits per heavy atom. The molecule has 3 aromatic carbocycles. The molecule has 0 radical (unpaired) electrons. The molecule has 1 saturated heterocycles. The lowest BCUT2D eigenvalue weighted by Gasteiger charge is -2.42. The first-order valence-corrected chi connectivity index (χ1v) is 11.8. The molecule has 0 saturated carbocycles. The van der Waals surface area contributed by atoms with Gasteiger partial charge in [-0.3, -0.25) is 25.0 Å². The van der Waals surface area contributed by atoms with Crippen LogP contribution in [0.2, 0.25) is 0 Å². The zero-order valence-corrected chi connectivity index (χ0v) is 20.9. The lowest BCUT2D eigenvalue weighted by atomic mass is 9.98. The molecule has 0 aromatic heterocycles. The minimum atomic E-state index is -1.57. The number of esters is 1. The number of carbonyl (C=O) groups is 4. The zero-order chi connectivity index (χ0) is 29.5. The Balaban J connectivity index is 1.42. The van der Waals surface area contributed by atoms with Gasteiger partial charge in [0.1, 0.15) is 19.3 Å². The summed E-state index contributed by atoms with van der Waals surface area (Å²) in [5, 5.41) is 24.3. The molecule has 1 aliphatic heterocycles. The number of hydrogen-bond acceptors (Lipinski definition) is 11. The van der Waals surface area contributed by atoms with Crippen molar-refractivity contribution in [2.24, 2.45) is 0 Å². The minimum Gasteiger partial charge on any atom is -0.459 e. The monoisotopic (exact) mass is 564 g/mol. The Bertz CT molecular complexity index is 1480. The molecule has 15 heteroatoms. The van der Waals surface area contributed by atoms with Gasteiger partial charge in [0.15, 0.2) is 6.04 Å². The highest BCUT2D eigenvalue weighted by molar-refractivity contribution is 6.02. The van der Waals surface area contributed by atoms with Crippen molar-refractivity contribution >= 4 is 35.3 Å². The normalized spacial score (nSPS) is 15.7. The van der Waals surface area contributed by atoms with Gasteiger partial charge < -0.3 is 19.6 Å². The Hall–Kier alpha value is -5.86. The van der Waals surface area contributed by atoms with Crippen LogP contribution in [0.5, 0.6) is 0 Å². The summed E-state index contributed by atoms with van der Waals surface area (Å²) in [6, 6.07) is 15.0. The highest BCUT2D eigenvalue weighted by Crippen LogP contribution is 2.24. The highest BCUT2D eigenvalue weighted by Gasteiger charge is 2.56. The quantitative estimate of drug-likeness (QED) is 0.164. The largest absolute Gasteiger partial charge is 0.459 e. The maximum Gasteiger partial charge on any atom is 0.408 e. The number of hydroxylamine groups is 2. The topological polar surface area (TPSA) is 198 Å². The Morgan fingerprint density at radius 1 is 0.780 bits per heavy atom. The van der Waals surface area contributed by atoms with Gasteiger partial charge in [0.05, 0.1) is 15.4 Å². The molecule has 2 atom stereocenters. The number of nitro benzene ring substituents is 2. The van der Waals surface area contributed by atoms with Gasteiger partial charge in [-0.2, -0.15) is 5.06 Å². The summed E-state index contributed by atoms with van der Waals surface area (Å²) in [6.07, 6.45) is -1.09. The van der Waals surface area contributed by atoms with E-state index in [0.29, 0.717) is 16.2 Å². The predicted octanol–water partition coefficient (Wildman–Crippen LogP) is 2.82. The molecule has 15 nitrogen and oxygen atoms in total. The number of nitro groups is 2. The fourth-order valence-electron chi connectivity index (χ4n) is 3.64. The van der Waals surface area contributed by atoms with Gasteiger partial charge in [0, 0.05) is 24.3 Å². The fourth-order valence-corrected chi connectivity index (χ4v) is 3.64. The SMILES string of the molecule is O=C(NC1C(=O)N(OC(=O)c2ccccc2)C1C(=O)OCc1ccc([N+](=O)[O-])cc1)OCc1ccc([N+](=O)[O-])cc1. The molecule has 0 bridgehead atoms. The van der Waals surface area contributed by atoms with E-state index < -0.39 is 45.9 Å². The maximum atomic E-state index is 12.9. The first-order valence-electron chi connectivity index (χ1n) is 11.8. The van der Waals surface area contributed by atoms with E-state index in [1.165, 1.54) is 60.7 Å². The van der Waals surface area contributed by atoms with Crippen LogP contribution in [-0.2, 0) is 37.1 Å². The van der Waals surface area contributed by atoms with E-state index in [4.69, 9.17) is 14.3 Å². The highest BCUT2D eigenvalue weighted by atomic mass is 16.7. The van der Waals surface area contributed by atoms with Crippen molar-refractivity contribution in [3.63, 3.8) is 0 Å². The molecule has 2 amide bonds. The smallest absolute Gasteiger partial charge is 0.408 e. The van der Waals surface area contributed by atoms with Crippen LogP contribution in [0, 0.1) is 20.2 Å². The predicted molar refractivity (Wildman–Crippen MR) is 136 cm³/mol. The molecule has 2 unspecified atom stereocenters. The third-order valence-electron chi connectivity index (χ3n) is 5.80. The number of nitrogens with one attached hydrogen (secondary N) is 1. The van der Waals surface area contributed by atoms with Crippen LogP contribution in [-0.4, -0.2) is 50.9 Å². The number of alkyl carbamates (subject to hydrolysis) is 1. The number of amides is 2. The van der Waals surface area contributed by atoms with E-state index in [1.807, 2.05) is 0 Å². The third-order valence-corrected chi connectivity index (χ3v) is 5.80. The summed E-state index contributed by atoms with van der Waals surface area (Å²) in [5.74, 6) is -2.91. The number of benzene rings is 3. The van der Waals surface area contributed by atoms with Crippen molar-refractivity contribution < 1.29 is 43.3 Å².